The molecule has 1 aliphatic rings. The highest BCUT2D eigenvalue weighted by atomic mass is 35.5. The molecule has 0 atom stereocenters. The third-order valence-electron chi connectivity index (χ3n) is 4.97. The summed E-state index contributed by atoms with van der Waals surface area (Å²) < 4.78 is 5.65. The van der Waals surface area contributed by atoms with E-state index in [9.17, 15) is 4.79 Å². The Morgan fingerprint density at radius 1 is 1.14 bits per heavy atom. The zero-order valence-electron chi connectivity index (χ0n) is 16.6. The molecule has 1 amide bonds. The van der Waals surface area contributed by atoms with Crippen LogP contribution >= 0.6 is 11.6 Å². The number of carbonyl (C=O) groups excluding carboxylic acids is 1. The van der Waals surface area contributed by atoms with Gasteiger partial charge in [-0.15, -0.1) is 0 Å². The molecule has 6 heteroatoms. The van der Waals surface area contributed by atoms with Crippen LogP contribution in [-0.2, 0) is 11.2 Å². The number of carbonyl (C=O) groups is 1. The minimum absolute atomic E-state index is 0.0241. The van der Waals surface area contributed by atoms with Crippen molar-refractivity contribution in [2.24, 2.45) is 0 Å². The van der Waals surface area contributed by atoms with Crippen molar-refractivity contribution in [3.8, 4) is 5.75 Å². The third kappa shape index (κ3) is 5.40. The molecule has 0 aromatic heterocycles. The molecule has 5 nitrogen and oxygen atoms in total. The summed E-state index contributed by atoms with van der Waals surface area (Å²) in [4.78, 5) is 17.2. The zero-order chi connectivity index (χ0) is 19.9. The van der Waals surface area contributed by atoms with Gasteiger partial charge in [-0.1, -0.05) is 29.8 Å². The maximum atomic E-state index is 12.6. The van der Waals surface area contributed by atoms with Crippen molar-refractivity contribution in [3.63, 3.8) is 0 Å². The van der Waals surface area contributed by atoms with Gasteiger partial charge in [0.25, 0.3) is 0 Å². The average molecular weight is 402 g/mol. The first-order valence-corrected chi connectivity index (χ1v) is 10.2. The van der Waals surface area contributed by atoms with Crippen LogP contribution in [0.2, 0.25) is 5.02 Å². The number of ether oxygens (including phenoxy) is 1. The molecule has 1 saturated heterocycles. The standard InChI is InChI=1S/C22H28ClN3O2/c1-3-28-21-7-5-4-6-17(21)8-11-22(27)24-19-16-18(23)9-10-20(19)26-14-12-25(2)13-15-26/h4-7,9-10,16H,3,8,11-15H2,1-2H3,(H,24,27). The van der Waals surface area contributed by atoms with E-state index < -0.39 is 0 Å². The van der Waals surface area contributed by atoms with Gasteiger partial charge >= 0.3 is 0 Å². The Morgan fingerprint density at radius 3 is 2.64 bits per heavy atom. The molecule has 3 rings (SSSR count). The van der Waals surface area contributed by atoms with Crippen LogP contribution < -0.4 is 15.0 Å². The highest BCUT2D eigenvalue weighted by Crippen LogP contribution is 2.30. The summed E-state index contributed by atoms with van der Waals surface area (Å²) in [6, 6.07) is 13.6. The van der Waals surface area contributed by atoms with E-state index in [1.807, 2.05) is 49.4 Å². The van der Waals surface area contributed by atoms with Crippen LogP contribution in [0.25, 0.3) is 0 Å². The quantitative estimate of drug-likeness (QED) is 0.759. The zero-order valence-corrected chi connectivity index (χ0v) is 17.3. The molecule has 28 heavy (non-hydrogen) atoms. The van der Waals surface area contributed by atoms with Crippen molar-refractivity contribution >= 4 is 28.9 Å². The van der Waals surface area contributed by atoms with Gasteiger partial charge in [0.1, 0.15) is 5.75 Å². The van der Waals surface area contributed by atoms with Gasteiger partial charge in [0.15, 0.2) is 0 Å². The number of aryl methyl sites for hydroxylation is 1. The van der Waals surface area contributed by atoms with Crippen LogP contribution in [0.1, 0.15) is 18.9 Å². The van der Waals surface area contributed by atoms with Gasteiger partial charge in [-0.2, -0.15) is 0 Å². The highest BCUT2D eigenvalue weighted by molar-refractivity contribution is 6.31. The van der Waals surface area contributed by atoms with E-state index in [0.717, 1.165) is 48.9 Å². The predicted octanol–water partition coefficient (Wildman–Crippen LogP) is 4.06. The number of nitrogens with zero attached hydrogens (tertiary/aromatic N) is 2. The SMILES string of the molecule is CCOc1ccccc1CCC(=O)Nc1cc(Cl)ccc1N1CCN(C)CC1. The van der Waals surface area contributed by atoms with Crippen LogP contribution in [0.15, 0.2) is 42.5 Å². The number of piperazine rings is 1. The molecule has 1 aliphatic heterocycles. The van der Waals surface area contributed by atoms with E-state index in [1.54, 1.807) is 0 Å². The molecule has 0 saturated carbocycles. The molecule has 1 N–H and O–H groups in total. The maximum Gasteiger partial charge on any atom is 0.224 e. The molecule has 0 radical (unpaired) electrons. The van der Waals surface area contributed by atoms with Gasteiger partial charge in [0.05, 0.1) is 18.0 Å². The molecule has 2 aromatic rings. The van der Waals surface area contributed by atoms with E-state index in [4.69, 9.17) is 16.3 Å². The van der Waals surface area contributed by atoms with E-state index in [2.05, 4.69) is 22.2 Å². The Balaban J connectivity index is 1.66. The first-order chi connectivity index (χ1) is 13.6. The maximum absolute atomic E-state index is 12.6. The predicted molar refractivity (Wildman–Crippen MR) is 116 cm³/mol. The Bertz CT molecular complexity index is 804. The van der Waals surface area contributed by atoms with Crippen LogP contribution in [0.4, 0.5) is 11.4 Å². The van der Waals surface area contributed by atoms with Crippen molar-refractivity contribution < 1.29 is 9.53 Å². The molecule has 0 unspecified atom stereocenters. The van der Waals surface area contributed by atoms with Crippen molar-refractivity contribution in [2.75, 3.05) is 50.1 Å². The molecule has 1 heterocycles. The second-order valence-electron chi connectivity index (χ2n) is 7.04. The van der Waals surface area contributed by atoms with Crippen LogP contribution in [0, 0.1) is 0 Å². The Morgan fingerprint density at radius 2 is 1.89 bits per heavy atom. The number of rotatable bonds is 7. The fraction of sp³-hybridized carbons (Fsp3) is 0.409. The fourth-order valence-electron chi connectivity index (χ4n) is 3.40. The monoisotopic (exact) mass is 401 g/mol. The lowest BCUT2D eigenvalue weighted by Gasteiger charge is -2.35. The van der Waals surface area contributed by atoms with Crippen molar-refractivity contribution in [2.45, 2.75) is 19.8 Å². The number of nitrogens with one attached hydrogen (secondary N) is 1. The summed E-state index contributed by atoms with van der Waals surface area (Å²) in [6.07, 6.45) is 1.02. The Labute approximate surface area is 172 Å². The van der Waals surface area contributed by atoms with Crippen molar-refractivity contribution in [3.05, 3.63) is 53.1 Å². The molecule has 2 aromatic carbocycles. The Kier molecular flexibility index (Phi) is 7.18. The summed E-state index contributed by atoms with van der Waals surface area (Å²) in [6.45, 7) is 6.45. The molecule has 0 aliphatic carbocycles. The number of para-hydroxylation sites is 1. The van der Waals surface area contributed by atoms with E-state index in [-0.39, 0.29) is 5.91 Å². The van der Waals surface area contributed by atoms with Gasteiger partial charge in [-0.3, -0.25) is 4.79 Å². The smallest absolute Gasteiger partial charge is 0.224 e. The number of hydrogen-bond acceptors (Lipinski definition) is 4. The number of halogens is 1. The molecule has 0 spiro atoms. The van der Waals surface area contributed by atoms with E-state index in [0.29, 0.717) is 24.5 Å². The lowest BCUT2D eigenvalue weighted by atomic mass is 10.1. The van der Waals surface area contributed by atoms with Crippen molar-refractivity contribution in [1.82, 2.24) is 4.90 Å². The number of likely N-dealkylation sites (N-methyl/N-ethyl adjacent to an activating group) is 1. The largest absolute Gasteiger partial charge is 0.494 e. The molecule has 150 valence electrons. The minimum Gasteiger partial charge on any atom is -0.494 e. The molecular formula is C22H28ClN3O2. The first-order valence-electron chi connectivity index (χ1n) is 9.80. The topological polar surface area (TPSA) is 44.8 Å². The van der Waals surface area contributed by atoms with Crippen molar-refractivity contribution in [1.29, 1.82) is 0 Å². The lowest BCUT2D eigenvalue weighted by molar-refractivity contribution is -0.116. The summed E-state index contributed by atoms with van der Waals surface area (Å²) in [5.41, 5.74) is 2.85. The van der Waals surface area contributed by atoms with Gasteiger partial charge in [0.2, 0.25) is 5.91 Å². The number of hydrogen-bond donors (Lipinski definition) is 1. The minimum atomic E-state index is -0.0241. The van der Waals surface area contributed by atoms with Crippen LogP contribution in [0.5, 0.6) is 5.75 Å². The summed E-state index contributed by atoms with van der Waals surface area (Å²) in [5.74, 6) is 0.822. The molecule has 0 bridgehead atoms. The molecule has 1 fully saturated rings. The normalized spacial score (nSPS) is 14.8. The second-order valence-corrected chi connectivity index (χ2v) is 7.48. The summed E-state index contributed by atoms with van der Waals surface area (Å²) >= 11 is 6.20. The number of amides is 1. The molecular weight excluding hydrogens is 374 g/mol. The number of anilines is 2. The summed E-state index contributed by atoms with van der Waals surface area (Å²) in [7, 11) is 2.13. The Hall–Kier alpha value is -2.24. The second kappa shape index (κ2) is 9.80. The number of benzene rings is 2. The average Bonchev–Trinajstić information content (AvgIpc) is 2.69. The highest BCUT2D eigenvalue weighted by Gasteiger charge is 2.18. The van der Waals surface area contributed by atoms with Crippen LogP contribution in [0.3, 0.4) is 0 Å². The van der Waals surface area contributed by atoms with Gasteiger partial charge in [-0.05, 0) is 50.2 Å². The summed E-state index contributed by atoms with van der Waals surface area (Å²) in [5, 5.41) is 3.68. The van der Waals surface area contributed by atoms with Gasteiger partial charge in [-0.25, -0.2) is 0 Å². The first kappa shape index (κ1) is 20.5. The van der Waals surface area contributed by atoms with E-state index in [1.165, 1.54) is 0 Å². The van der Waals surface area contributed by atoms with Crippen LogP contribution in [-0.4, -0.2) is 50.6 Å². The third-order valence-corrected chi connectivity index (χ3v) is 5.21. The lowest BCUT2D eigenvalue weighted by Crippen LogP contribution is -2.44. The van der Waals surface area contributed by atoms with E-state index >= 15 is 0 Å². The van der Waals surface area contributed by atoms with Gasteiger partial charge in [0, 0.05) is 37.6 Å². The fourth-order valence-corrected chi connectivity index (χ4v) is 3.57. The van der Waals surface area contributed by atoms with Gasteiger partial charge < -0.3 is 19.9 Å².